The molecule has 2 aliphatic heterocycles. The number of carbonyl (C=O) groups excluding carboxylic acids is 1. The van der Waals surface area contributed by atoms with Crippen LogP contribution in [0.2, 0.25) is 0 Å². The van der Waals surface area contributed by atoms with E-state index in [4.69, 9.17) is 5.73 Å². The van der Waals surface area contributed by atoms with Crippen LogP contribution in [0.25, 0.3) is 0 Å². The number of hydrogen-bond donors (Lipinski definition) is 2. The number of nitrogens with two attached hydrogens (primary N) is 1. The predicted octanol–water partition coefficient (Wildman–Crippen LogP) is -1.09. The number of carbonyl (C=O) groups is 1. The van der Waals surface area contributed by atoms with Crippen molar-refractivity contribution < 1.29 is 4.79 Å². The van der Waals surface area contributed by atoms with Crippen LogP contribution < -0.4 is 11.1 Å². The topological polar surface area (TPSA) is 58.4 Å². The first-order valence-electron chi connectivity index (χ1n) is 4.47. The fourth-order valence-electron chi connectivity index (χ4n) is 2.23. The van der Waals surface area contributed by atoms with Crippen molar-refractivity contribution in [2.24, 2.45) is 5.73 Å². The quantitative estimate of drug-likeness (QED) is 0.552. The molecule has 68 valence electrons. The molecule has 0 spiro atoms. The molecule has 0 saturated carbocycles. The molecule has 2 fully saturated rings. The molecule has 0 aromatic rings. The van der Waals surface area contributed by atoms with E-state index in [-0.39, 0.29) is 11.9 Å². The lowest BCUT2D eigenvalue weighted by molar-refractivity contribution is -0.123. The lowest BCUT2D eigenvalue weighted by Gasteiger charge is -2.30. The van der Waals surface area contributed by atoms with Crippen LogP contribution in [0.4, 0.5) is 0 Å². The van der Waals surface area contributed by atoms with E-state index in [2.05, 4.69) is 10.2 Å². The van der Waals surface area contributed by atoms with Gasteiger partial charge in [-0.3, -0.25) is 9.69 Å². The summed E-state index contributed by atoms with van der Waals surface area (Å²) < 4.78 is 0. The Morgan fingerprint density at radius 3 is 2.92 bits per heavy atom. The van der Waals surface area contributed by atoms with E-state index in [0.717, 1.165) is 13.1 Å². The van der Waals surface area contributed by atoms with Gasteiger partial charge in [0.1, 0.15) is 0 Å². The van der Waals surface area contributed by atoms with Crippen molar-refractivity contribution in [1.29, 1.82) is 0 Å². The van der Waals surface area contributed by atoms with E-state index in [1.165, 1.54) is 6.42 Å². The Morgan fingerprint density at radius 2 is 2.50 bits per heavy atom. The molecule has 0 aromatic carbocycles. The van der Waals surface area contributed by atoms with Crippen LogP contribution in [0.5, 0.6) is 0 Å². The minimum atomic E-state index is -0.206. The van der Waals surface area contributed by atoms with E-state index < -0.39 is 0 Å². The van der Waals surface area contributed by atoms with Gasteiger partial charge in [-0.05, 0) is 13.3 Å². The van der Waals surface area contributed by atoms with Crippen LogP contribution in [-0.2, 0) is 4.79 Å². The zero-order chi connectivity index (χ0) is 8.72. The normalized spacial score (nSPS) is 37.1. The molecule has 3 atom stereocenters. The molecule has 2 rings (SSSR count). The molecule has 2 saturated heterocycles. The molecule has 3 unspecified atom stereocenters. The Hall–Kier alpha value is -0.610. The van der Waals surface area contributed by atoms with Crippen molar-refractivity contribution in [2.45, 2.75) is 31.5 Å². The number of hydrogen-bond acceptors (Lipinski definition) is 3. The highest BCUT2D eigenvalue weighted by Gasteiger charge is 2.40. The summed E-state index contributed by atoms with van der Waals surface area (Å²) in [6.07, 6.45) is 1.18. The van der Waals surface area contributed by atoms with E-state index in [9.17, 15) is 4.79 Å². The summed E-state index contributed by atoms with van der Waals surface area (Å²) in [5, 5.41) is 3.39. The number of fused-ring (bicyclic) bond motifs is 2. The van der Waals surface area contributed by atoms with E-state index in [1.807, 2.05) is 6.92 Å². The molecule has 3 N–H and O–H groups in total. The van der Waals surface area contributed by atoms with Crippen molar-refractivity contribution in [3.63, 3.8) is 0 Å². The third kappa shape index (κ3) is 1.11. The second-order valence-electron chi connectivity index (χ2n) is 3.77. The van der Waals surface area contributed by atoms with Crippen LogP contribution in [0.3, 0.4) is 0 Å². The van der Waals surface area contributed by atoms with Gasteiger partial charge in [-0.2, -0.15) is 0 Å². The van der Waals surface area contributed by atoms with Crippen LogP contribution >= 0.6 is 0 Å². The number of rotatable bonds is 2. The molecular formula is C8H15N3O. The van der Waals surface area contributed by atoms with Crippen molar-refractivity contribution in [3.05, 3.63) is 0 Å². The molecule has 2 bridgehead atoms. The number of nitrogens with zero attached hydrogens (tertiary/aromatic N) is 1. The van der Waals surface area contributed by atoms with Gasteiger partial charge in [0, 0.05) is 25.2 Å². The van der Waals surface area contributed by atoms with E-state index in [0.29, 0.717) is 12.1 Å². The van der Waals surface area contributed by atoms with E-state index >= 15 is 0 Å². The minimum absolute atomic E-state index is 0.0953. The second-order valence-corrected chi connectivity index (χ2v) is 3.77. The highest BCUT2D eigenvalue weighted by Crippen LogP contribution is 2.24. The highest BCUT2D eigenvalue weighted by atomic mass is 16.1. The average molecular weight is 169 g/mol. The first-order chi connectivity index (χ1) is 5.68. The van der Waals surface area contributed by atoms with E-state index in [1.54, 1.807) is 0 Å². The predicted molar refractivity (Wildman–Crippen MR) is 45.6 cm³/mol. The third-order valence-electron chi connectivity index (χ3n) is 3.01. The molecular weight excluding hydrogens is 154 g/mol. The average Bonchev–Trinajstić information content (AvgIpc) is 2.62. The van der Waals surface area contributed by atoms with Gasteiger partial charge in [0.25, 0.3) is 0 Å². The van der Waals surface area contributed by atoms with Crippen LogP contribution in [-0.4, -0.2) is 42.0 Å². The lowest BCUT2D eigenvalue weighted by atomic mass is 10.2. The van der Waals surface area contributed by atoms with Gasteiger partial charge in [-0.25, -0.2) is 0 Å². The van der Waals surface area contributed by atoms with Gasteiger partial charge >= 0.3 is 0 Å². The van der Waals surface area contributed by atoms with Crippen LogP contribution in [0.15, 0.2) is 0 Å². The maximum absolute atomic E-state index is 10.9. The zero-order valence-corrected chi connectivity index (χ0v) is 7.29. The summed E-state index contributed by atoms with van der Waals surface area (Å²) in [5.41, 5.74) is 5.25. The van der Waals surface area contributed by atoms with Gasteiger partial charge in [-0.15, -0.1) is 0 Å². The van der Waals surface area contributed by atoms with Crippen molar-refractivity contribution in [2.75, 3.05) is 13.1 Å². The standard InChI is InChI=1S/C8H15N3O/c1-5(8(9)12)11-4-6-2-7(11)3-10-6/h5-7,10H,2-4H2,1H3,(H2,9,12). The number of nitrogens with one attached hydrogen (secondary N) is 1. The summed E-state index contributed by atoms with van der Waals surface area (Å²) >= 11 is 0. The van der Waals surface area contributed by atoms with Crippen LogP contribution in [0, 0.1) is 0 Å². The Labute approximate surface area is 72.1 Å². The Bertz CT molecular complexity index is 206. The number of primary amides is 1. The van der Waals surface area contributed by atoms with Gasteiger partial charge in [0.2, 0.25) is 5.91 Å². The molecule has 0 aliphatic carbocycles. The molecule has 4 heteroatoms. The van der Waals surface area contributed by atoms with Crippen molar-refractivity contribution in [1.82, 2.24) is 10.2 Å². The Balaban J connectivity index is 2.02. The molecule has 0 aromatic heterocycles. The largest absolute Gasteiger partial charge is 0.368 e. The summed E-state index contributed by atoms with van der Waals surface area (Å²) in [6, 6.07) is 1.04. The first-order valence-corrected chi connectivity index (χ1v) is 4.47. The molecule has 2 aliphatic rings. The van der Waals surface area contributed by atoms with Crippen molar-refractivity contribution >= 4 is 5.91 Å². The molecule has 1 amide bonds. The minimum Gasteiger partial charge on any atom is -0.368 e. The summed E-state index contributed by atoms with van der Waals surface area (Å²) in [6.45, 7) is 3.89. The fraction of sp³-hybridized carbons (Fsp3) is 0.875. The monoisotopic (exact) mass is 169 g/mol. The van der Waals surface area contributed by atoms with Gasteiger partial charge < -0.3 is 11.1 Å². The number of likely N-dealkylation sites (tertiary alicyclic amines) is 1. The maximum atomic E-state index is 10.9. The highest BCUT2D eigenvalue weighted by molar-refractivity contribution is 5.79. The number of piperazine rings is 1. The lowest BCUT2D eigenvalue weighted by Crippen LogP contribution is -2.51. The maximum Gasteiger partial charge on any atom is 0.234 e. The Morgan fingerprint density at radius 1 is 1.75 bits per heavy atom. The smallest absolute Gasteiger partial charge is 0.234 e. The van der Waals surface area contributed by atoms with Crippen LogP contribution in [0.1, 0.15) is 13.3 Å². The second kappa shape index (κ2) is 2.71. The summed E-state index contributed by atoms with van der Waals surface area (Å²) in [5.74, 6) is -0.206. The Kier molecular flexibility index (Phi) is 1.81. The SMILES string of the molecule is CC(C(N)=O)N1CC2CC1CN2. The molecule has 2 heterocycles. The molecule has 4 nitrogen and oxygen atoms in total. The van der Waals surface area contributed by atoms with Gasteiger partial charge in [-0.1, -0.05) is 0 Å². The molecule has 12 heavy (non-hydrogen) atoms. The summed E-state index contributed by atoms with van der Waals surface area (Å²) in [7, 11) is 0. The third-order valence-corrected chi connectivity index (χ3v) is 3.01. The van der Waals surface area contributed by atoms with Crippen molar-refractivity contribution in [3.8, 4) is 0 Å². The fourth-order valence-corrected chi connectivity index (χ4v) is 2.23. The first kappa shape index (κ1) is 8.01. The number of amides is 1. The van der Waals surface area contributed by atoms with Gasteiger partial charge in [0.15, 0.2) is 0 Å². The molecule has 0 radical (unpaired) electrons. The van der Waals surface area contributed by atoms with Gasteiger partial charge in [0.05, 0.1) is 6.04 Å². The zero-order valence-electron chi connectivity index (χ0n) is 7.29. The summed E-state index contributed by atoms with van der Waals surface area (Å²) in [4.78, 5) is 13.1.